The molecule has 0 saturated heterocycles. The largest absolute Gasteiger partial charge is 0.349 e. The van der Waals surface area contributed by atoms with E-state index < -0.39 is 0 Å². The fourth-order valence-corrected chi connectivity index (χ4v) is 4.19. The molecule has 2 aliphatic carbocycles. The van der Waals surface area contributed by atoms with Crippen molar-refractivity contribution in [2.75, 3.05) is 19.0 Å². The zero-order chi connectivity index (χ0) is 15.9. The summed E-state index contributed by atoms with van der Waals surface area (Å²) in [6, 6.07) is 0.232. The zero-order valence-corrected chi connectivity index (χ0v) is 14.0. The lowest BCUT2D eigenvalue weighted by Crippen LogP contribution is -2.40. The van der Waals surface area contributed by atoms with E-state index in [0.29, 0.717) is 17.4 Å². The molecule has 2 fully saturated rings. The molecule has 120 valence electrons. The normalized spacial score (nSPS) is 27.7. The van der Waals surface area contributed by atoms with Crippen molar-refractivity contribution in [2.45, 2.75) is 45.6 Å². The van der Waals surface area contributed by atoms with Crippen molar-refractivity contribution in [3.8, 4) is 0 Å². The van der Waals surface area contributed by atoms with Crippen LogP contribution in [-0.4, -0.2) is 36.0 Å². The monoisotopic (exact) mass is 302 g/mol. The summed E-state index contributed by atoms with van der Waals surface area (Å²) in [7, 11) is 3.79. The van der Waals surface area contributed by atoms with Crippen LogP contribution in [0.4, 0.5) is 5.95 Å². The Morgan fingerprint density at radius 2 is 2.14 bits per heavy atom. The lowest BCUT2D eigenvalue weighted by atomic mass is 9.84. The van der Waals surface area contributed by atoms with Gasteiger partial charge in [-0.1, -0.05) is 6.42 Å². The zero-order valence-electron chi connectivity index (χ0n) is 14.0. The van der Waals surface area contributed by atoms with Gasteiger partial charge in [0, 0.05) is 26.3 Å². The first-order valence-corrected chi connectivity index (χ1v) is 8.27. The second kappa shape index (κ2) is 5.86. The molecular weight excluding hydrogens is 276 g/mol. The van der Waals surface area contributed by atoms with E-state index in [2.05, 4.69) is 22.2 Å². The molecule has 5 nitrogen and oxygen atoms in total. The van der Waals surface area contributed by atoms with Crippen molar-refractivity contribution < 1.29 is 4.79 Å². The molecule has 4 unspecified atom stereocenters. The number of nitrogens with zero attached hydrogens (tertiary/aromatic N) is 3. The van der Waals surface area contributed by atoms with Gasteiger partial charge in [0.05, 0.1) is 11.3 Å². The second-order valence-corrected chi connectivity index (χ2v) is 7.16. The van der Waals surface area contributed by atoms with Crippen LogP contribution >= 0.6 is 0 Å². The van der Waals surface area contributed by atoms with Crippen LogP contribution in [0.2, 0.25) is 0 Å². The first-order chi connectivity index (χ1) is 10.5. The van der Waals surface area contributed by atoms with Gasteiger partial charge in [-0.25, -0.2) is 9.97 Å². The molecule has 0 radical (unpaired) electrons. The number of aromatic nitrogens is 2. The summed E-state index contributed by atoms with van der Waals surface area (Å²) in [4.78, 5) is 23.0. The molecule has 5 heteroatoms. The second-order valence-electron chi connectivity index (χ2n) is 7.16. The number of hydrogen-bond acceptors (Lipinski definition) is 4. The number of amides is 1. The van der Waals surface area contributed by atoms with Gasteiger partial charge in [-0.2, -0.15) is 0 Å². The Hall–Kier alpha value is -1.65. The molecule has 2 aliphatic rings. The Kier molecular flexibility index (Phi) is 4.06. The number of carbonyl (C=O) groups excluding carboxylic acids is 1. The van der Waals surface area contributed by atoms with Crippen molar-refractivity contribution in [1.82, 2.24) is 15.3 Å². The van der Waals surface area contributed by atoms with E-state index in [1.54, 1.807) is 6.20 Å². The fourth-order valence-electron chi connectivity index (χ4n) is 4.19. The number of carbonyl (C=O) groups is 1. The molecule has 1 aromatic rings. The topological polar surface area (TPSA) is 58.1 Å². The van der Waals surface area contributed by atoms with Gasteiger partial charge in [-0.15, -0.1) is 0 Å². The average Bonchev–Trinajstić information content (AvgIpc) is 3.09. The lowest BCUT2D eigenvalue weighted by molar-refractivity contribution is 0.0914. The fraction of sp³-hybridized carbons (Fsp3) is 0.706. The Balaban J connectivity index is 1.66. The average molecular weight is 302 g/mol. The minimum absolute atomic E-state index is 0.0434. The lowest BCUT2D eigenvalue weighted by Gasteiger charge is -2.28. The van der Waals surface area contributed by atoms with Crippen molar-refractivity contribution in [1.29, 1.82) is 0 Å². The highest BCUT2D eigenvalue weighted by atomic mass is 16.1. The standard InChI is InChI=1S/C17H26N4O/c1-10(14-8-12-5-6-13(14)7-12)19-16(22)15-9-18-17(21(3)4)20-11(15)2/h9-10,12-14H,5-8H2,1-4H3,(H,19,22). The van der Waals surface area contributed by atoms with E-state index >= 15 is 0 Å². The SMILES string of the molecule is Cc1nc(N(C)C)ncc1C(=O)NC(C)C1CC2CCC1C2. The molecule has 2 saturated carbocycles. The van der Waals surface area contributed by atoms with E-state index in [-0.39, 0.29) is 11.9 Å². The van der Waals surface area contributed by atoms with Gasteiger partial charge in [0.15, 0.2) is 0 Å². The summed E-state index contributed by atoms with van der Waals surface area (Å²) < 4.78 is 0. The maximum absolute atomic E-state index is 12.5. The van der Waals surface area contributed by atoms with Crippen molar-refractivity contribution >= 4 is 11.9 Å². The van der Waals surface area contributed by atoms with Crippen LogP contribution in [0.1, 0.15) is 48.7 Å². The maximum Gasteiger partial charge on any atom is 0.254 e. The van der Waals surface area contributed by atoms with Gasteiger partial charge >= 0.3 is 0 Å². The molecule has 22 heavy (non-hydrogen) atoms. The van der Waals surface area contributed by atoms with Gasteiger partial charge in [0.2, 0.25) is 5.95 Å². The third-order valence-corrected chi connectivity index (χ3v) is 5.41. The third-order valence-electron chi connectivity index (χ3n) is 5.41. The predicted octanol–water partition coefficient (Wildman–Crippen LogP) is 2.41. The number of aryl methyl sites for hydroxylation is 1. The van der Waals surface area contributed by atoms with Crippen LogP contribution in [0.5, 0.6) is 0 Å². The van der Waals surface area contributed by atoms with E-state index in [0.717, 1.165) is 17.5 Å². The van der Waals surface area contributed by atoms with Crippen molar-refractivity contribution in [2.24, 2.45) is 17.8 Å². The Morgan fingerprint density at radius 1 is 1.36 bits per heavy atom. The van der Waals surface area contributed by atoms with E-state index in [1.807, 2.05) is 25.9 Å². The summed E-state index contributed by atoms with van der Waals surface area (Å²) in [5.41, 5.74) is 1.32. The van der Waals surface area contributed by atoms with E-state index in [1.165, 1.54) is 25.7 Å². The van der Waals surface area contributed by atoms with Crippen LogP contribution in [-0.2, 0) is 0 Å². The van der Waals surface area contributed by atoms with Crippen LogP contribution in [0.3, 0.4) is 0 Å². The minimum Gasteiger partial charge on any atom is -0.349 e. The minimum atomic E-state index is -0.0434. The number of fused-ring (bicyclic) bond motifs is 2. The predicted molar refractivity (Wildman–Crippen MR) is 87.0 cm³/mol. The molecule has 1 amide bonds. The molecule has 4 atom stereocenters. The number of nitrogens with one attached hydrogen (secondary N) is 1. The first-order valence-electron chi connectivity index (χ1n) is 8.27. The first kappa shape index (κ1) is 15.3. The van der Waals surface area contributed by atoms with Crippen LogP contribution < -0.4 is 10.2 Å². The molecule has 1 aromatic heterocycles. The van der Waals surface area contributed by atoms with Crippen molar-refractivity contribution in [3.63, 3.8) is 0 Å². The molecule has 1 N–H and O–H groups in total. The summed E-state index contributed by atoms with van der Waals surface area (Å²) >= 11 is 0. The smallest absolute Gasteiger partial charge is 0.254 e. The van der Waals surface area contributed by atoms with E-state index in [9.17, 15) is 4.79 Å². The molecule has 0 aromatic carbocycles. The Bertz CT molecular complexity index is 572. The van der Waals surface area contributed by atoms with Crippen molar-refractivity contribution in [3.05, 3.63) is 17.5 Å². The van der Waals surface area contributed by atoms with Gasteiger partial charge < -0.3 is 10.2 Å². The molecular formula is C17H26N4O. The van der Waals surface area contributed by atoms with Gasteiger partial charge in [-0.05, 0) is 50.9 Å². The number of hydrogen-bond donors (Lipinski definition) is 1. The molecule has 2 bridgehead atoms. The molecule has 1 heterocycles. The number of rotatable bonds is 4. The highest BCUT2D eigenvalue weighted by Crippen LogP contribution is 2.49. The summed E-state index contributed by atoms with van der Waals surface area (Å²) in [5, 5.41) is 3.18. The Morgan fingerprint density at radius 3 is 2.68 bits per heavy atom. The summed E-state index contributed by atoms with van der Waals surface area (Å²) in [5.74, 6) is 2.95. The van der Waals surface area contributed by atoms with Gasteiger partial charge in [0.25, 0.3) is 5.91 Å². The van der Waals surface area contributed by atoms with Crippen LogP contribution in [0.15, 0.2) is 6.20 Å². The van der Waals surface area contributed by atoms with Gasteiger partial charge in [0.1, 0.15) is 0 Å². The molecule has 0 spiro atoms. The summed E-state index contributed by atoms with van der Waals surface area (Å²) in [6.45, 7) is 4.01. The van der Waals surface area contributed by atoms with Crippen LogP contribution in [0, 0.1) is 24.7 Å². The number of anilines is 1. The quantitative estimate of drug-likeness (QED) is 0.928. The van der Waals surface area contributed by atoms with Gasteiger partial charge in [-0.3, -0.25) is 4.79 Å². The third kappa shape index (κ3) is 2.81. The van der Waals surface area contributed by atoms with E-state index in [4.69, 9.17) is 0 Å². The molecule has 3 rings (SSSR count). The Labute approximate surface area is 132 Å². The molecule has 0 aliphatic heterocycles. The maximum atomic E-state index is 12.5. The highest BCUT2D eigenvalue weighted by molar-refractivity contribution is 5.95. The highest BCUT2D eigenvalue weighted by Gasteiger charge is 2.42. The van der Waals surface area contributed by atoms with Crippen LogP contribution in [0.25, 0.3) is 0 Å². The summed E-state index contributed by atoms with van der Waals surface area (Å²) in [6.07, 6.45) is 7.02.